The summed E-state index contributed by atoms with van der Waals surface area (Å²) < 4.78 is 10.5. The Labute approximate surface area is 155 Å². The Kier molecular flexibility index (Phi) is 6.96. The summed E-state index contributed by atoms with van der Waals surface area (Å²) in [5.41, 5.74) is 2.27. The van der Waals surface area contributed by atoms with E-state index in [-0.39, 0.29) is 23.8 Å². The van der Waals surface area contributed by atoms with E-state index in [1.54, 1.807) is 12.1 Å². The highest BCUT2D eigenvalue weighted by Gasteiger charge is 2.23. The molecule has 4 heteroatoms. The molecule has 0 aliphatic heterocycles. The number of rotatable bonds is 7. The lowest BCUT2D eigenvalue weighted by molar-refractivity contribution is -0.132. The van der Waals surface area contributed by atoms with Gasteiger partial charge in [-0.1, -0.05) is 38.1 Å². The first-order chi connectivity index (χ1) is 12.4. The van der Waals surface area contributed by atoms with Gasteiger partial charge in [0.05, 0.1) is 0 Å². The molecule has 4 nitrogen and oxygen atoms in total. The molecular weight excluding hydrogens is 328 g/mol. The van der Waals surface area contributed by atoms with Crippen LogP contribution >= 0.6 is 0 Å². The van der Waals surface area contributed by atoms with Crippen molar-refractivity contribution in [3.05, 3.63) is 59.7 Å². The van der Waals surface area contributed by atoms with Crippen LogP contribution in [0.1, 0.15) is 63.5 Å². The molecule has 138 valence electrons. The highest BCUT2D eigenvalue weighted by atomic mass is 16.5. The first kappa shape index (κ1) is 19.7. The van der Waals surface area contributed by atoms with Gasteiger partial charge in [-0.2, -0.15) is 0 Å². The van der Waals surface area contributed by atoms with Crippen molar-refractivity contribution in [1.29, 1.82) is 0 Å². The van der Waals surface area contributed by atoms with Crippen molar-refractivity contribution < 1.29 is 19.1 Å². The van der Waals surface area contributed by atoms with Gasteiger partial charge in [0.1, 0.15) is 11.5 Å². The molecule has 0 saturated heterocycles. The molecule has 0 saturated carbocycles. The molecule has 0 unspecified atom stereocenters. The van der Waals surface area contributed by atoms with E-state index in [0.29, 0.717) is 11.5 Å². The number of carbonyl (C=O) groups is 2. The monoisotopic (exact) mass is 354 g/mol. The second-order valence-electron chi connectivity index (χ2n) is 6.36. The van der Waals surface area contributed by atoms with Gasteiger partial charge in [-0.05, 0) is 60.1 Å². The van der Waals surface area contributed by atoms with E-state index in [0.717, 1.165) is 24.0 Å². The fourth-order valence-corrected chi connectivity index (χ4v) is 3.45. The number of ether oxygens (including phenoxy) is 2. The Hall–Kier alpha value is -2.62. The molecule has 2 aromatic rings. The number of esters is 2. The lowest BCUT2D eigenvalue weighted by Gasteiger charge is -2.27. The van der Waals surface area contributed by atoms with Crippen molar-refractivity contribution in [1.82, 2.24) is 0 Å². The van der Waals surface area contributed by atoms with E-state index >= 15 is 0 Å². The van der Waals surface area contributed by atoms with E-state index in [2.05, 4.69) is 26.0 Å². The molecule has 2 aromatic carbocycles. The van der Waals surface area contributed by atoms with Gasteiger partial charge in [0.2, 0.25) is 0 Å². The zero-order valence-corrected chi connectivity index (χ0v) is 15.8. The van der Waals surface area contributed by atoms with Crippen LogP contribution in [0.15, 0.2) is 48.5 Å². The molecule has 0 aliphatic carbocycles. The van der Waals surface area contributed by atoms with Gasteiger partial charge in [-0.3, -0.25) is 9.59 Å². The molecule has 0 aliphatic rings. The van der Waals surface area contributed by atoms with Crippen molar-refractivity contribution in [3.63, 3.8) is 0 Å². The van der Waals surface area contributed by atoms with Crippen molar-refractivity contribution >= 4 is 11.9 Å². The minimum absolute atomic E-state index is 0.267. The molecule has 0 radical (unpaired) electrons. The predicted octanol–water partition coefficient (Wildman–Crippen LogP) is 5.22. The fourth-order valence-electron chi connectivity index (χ4n) is 3.45. The van der Waals surface area contributed by atoms with Crippen LogP contribution in [0.3, 0.4) is 0 Å². The molecular formula is C22H26O4. The third-order valence-electron chi connectivity index (χ3n) is 4.46. The minimum Gasteiger partial charge on any atom is -0.427 e. The predicted molar refractivity (Wildman–Crippen MR) is 102 cm³/mol. The van der Waals surface area contributed by atoms with Gasteiger partial charge in [-0.15, -0.1) is 0 Å². The number of carbonyl (C=O) groups excluding carboxylic acids is 2. The van der Waals surface area contributed by atoms with Crippen molar-refractivity contribution in [3.8, 4) is 11.5 Å². The average Bonchev–Trinajstić information content (AvgIpc) is 2.58. The third kappa shape index (κ3) is 5.19. The zero-order chi connectivity index (χ0) is 19.1. The normalized spacial score (nSPS) is 12.9. The molecule has 2 rings (SSSR count). The summed E-state index contributed by atoms with van der Waals surface area (Å²) in [6.45, 7) is 7.11. The molecule has 0 spiro atoms. The smallest absolute Gasteiger partial charge is 0.308 e. The molecule has 0 aromatic heterocycles. The second kappa shape index (κ2) is 9.18. The van der Waals surface area contributed by atoms with Crippen molar-refractivity contribution in [2.45, 2.75) is 52.4 Å². The quantitative estimate of drug-likeness (QED) is 0.505. The lowest BCUT2D eigenvalue weighted by atomic mass is 9.78. The summed E-state index contributed by atoms with van der Waals surface area (Å²) in [6, 6.07) is 15.4. The molecule has 0 amide bonds. The molecule has 0 bridgehead atoms. The maximum Gasteiger partial charge on any atom is 0.308 e. The Bertz CT molecular complexity index is 701. The van der Waals surface area contributed by atoms with Crippen LogP contribution in [0.2, 0.25) is 0 Å². The van der Waals surface area contributed by atoms with Gasteiger partial charge < -0.3 is 9.47 Å². The fraction of sp³-hybridized carbons (Fsp3) is 0.364. The van der Waals surface area contributed by atoms with Crippen LogP contribution < -0.4 is 9.47 Å². The minimum atomic E-state index is -0.323. The van der Waals surface area contributed by atoms with E-state index < -0.39 is 0 Å². The Morgan fingerprint density at radius 3 is 1.46 bits per heavy atom. The van der Waals surface area contributed by atoms with E-state index in [9.17, 15) is 9.59 Å². The van der Waals surface area contributed by atoms with Gasteiger partial charge in [0, 0.05) is 13.8 Å². The van der Waals surface area contributed by atoms with Crippen LogP contribution in [0.25, 0.3) is 0 Å². The van der Waals surface area contributed by atoms with Gasteiger partial charge in [0.25, 0.3) is 0 Å². The van der Waals surface area contributed by atoms with E-state index in [4.69, 9.17) is 9.47 Å². The molecule has 0 N–H and O–H groups in total. The summed E-state index contributed by atoms with van der Waals surface area (Å²) in [5.74, 6) is 1.02. The number of hydrogen-bond donors (Lipinski definition) is 0. The first-order valence-electron chi connectivity index (χ1n) is 9.01. The topological polar surface area (TPSA) is 52.6 Å². The molecule has 0 heterocycles. The van der Waals surface area contributed by atoms with Crippen LogP contribution in [-0.2, 0) is 9.59 Å². The highest BCUT2D eigenvalue weighted by molar-refractivity contribution is 5.69. The summed E-state index contributed by atoms with van der Waals surface area (Å²) in [6.07, 6.45) is 1.89. The van der Waals surface area contributed by atoms with Crippen molar-refractivity contribution in [2.75, 3.05) is 0 Å². The molecule has 2 atom stereocenters. The Morgan fingerprint density at radius 2 is 1.15 bits per heavy atom. The summed E-state index contributed by atoms with van der Waals surface area (Å²) in [7, 11) is 0. The molecule has 26 heavy (non-hydrogen) atoms. The van der Waals surface area contributed by atoms with E-state index in [1.807, 2.05) is 24.3 Å². The Morgan fingerprint density at radius 1 is 0.769 bits per heavy atom. The standard InChI is InChI=1S/C22H26O4/c1-5-21(17-9-7-11-19(13-17)25-15(3)23)22(6-2)18-10-8-12-20(14-18)26-16(4)24/h7-14,21-22H,5-6H2,1-4H3/t21-,22-/m1/s1. The number of benzene rings is 2. The second-order valence-corrected chi connectivity index (χ2v) is 6.36. The van der Waals surface area contributed by atoms with Gasteiger partial charge in [0.15, 0.2) is 0 Å². The van der Waals surface area contributed by atoms with Crippen LogP contribution in [-0.4, -0.2) is 11.9 Å². The third-order valence-corrected chi connectivity index (χ3v) is 4.46. The average molecular weight is 354 g/mol. The SMILES string of the molecule is CC[C@H](c1cccc(OC(C)=O)c1)[C@H](CC)c1cccc(OC(C)=O)c1. The maximum atomic E-state index is 11.2. The number of hydrogen-bond acceptors (Lipinski definition) is 4. The first-order valence-corrected chi connectivity index (χ1v) is 9.01. The van der Waals surface area contributed by atoms with Gasteiger partial charge >= 0.3 is 11.9 Å². The highest BCUT2D eigenvalue weighted by Crippen LogP contribution is 2.39. The summed E-state index contributed by atoms with van der Waals surface area (Å²) in [5, 5.41) is 0. The zero-order valence-electron chi connectivity index (χ0n) is 15.8. The van der Waals surface area contributed by atoms with Crippen LogP contribution in [0.4, 0.5) is 0 Å². The lowest BCUT2D eigenvalue weighted by Crippen LogP contribution is -2.11. The molecule has 0 fully saturated rings. The Balaban J connectivity index is 2.34. The summed E-state index contributed by atoms with van der Waals surface area (Å²) >= 11 is 0. The largest absolute Gasteiger partial charge is 0.427 e. The van der Waals surface area contributed by atoms with Crippen molar-refractivity contribution in [2.24, 2.45) is 0 Å². The van der Waals surface area contributed by atoms with Crippen LogP contribution in [0, 0.1) is 0 Å². The summed E-state index contributed by atoms with van der Waals surface area (Å²) in [4.78, 5) is 22.5. The van der Waals surface area contributed by atoms with Crippen LogP contribution in [0.5, 0.6) is 11.5 Å². The van der Waals surface area contributed by atoms with Gasteiger partial charge in [-0.25, -0.2) is 0 Å². The maximum absolute atomic E-state index is 11.2. The van der Waals surface area contributed by atoms with E-state index in [1.165, 1.54) is 13.8 Å².